The Bertz CT molecular complexity index is 885. The van der Waals surface area contributed by atoms with Crippen LogP contribution in [0.4, 0.5) is 10.5 Å². The van der Waals surface area contributed by atoms with Gasteiger partial charge in [0.25, 0.3) is 0 Å². The molecular weight excluding hydrogens is 439 g/mol. The molecule has 0 spiro atoms. The van der Waals surface area contributed by atoms with Gasteiger partial charge in [-0.1, -0.05) is 37.0 Å². The number of nitrogens with one attached hydrogen (secondary N) is 1. The van der Waals surface area contributed by atoms with Crippen molar-refractivity contribution in [2.24, 2.45) is 13.0 Å². The number of benzene rings is 1. The standard InChI is InChI=1S/C22H30Cl2N4O3/c1-16(2)13-28(22(30)25-17-7-8-19(23)20(24)12-17)15-21(29)27(10-11-31-4)14-18-6-5-9-26(18)3/h5-9,12,16H,10-11,13-15H2,1-4H3,(H,25,30). The number of halogens is 2. The normalized spacial score (nSPS) is 10.9. The molecule has 0 fully saturated rings. The van der Waals surface area contributed by atoms with Gasteiger partial charge in [0.15, 0.2) is 0 Å². The maximum atomic E-state index is 13.1. The van der Waals surface area contributed by atoms with Crippen LogP contribution >= 0.6 is 23.2 Å². The molecule has 0 saturated heterocycles. The fourth-order valence-electron chi connectivity index (χ4n) is 3.05. The van der Waals surface area contributed by atoms with Crippen molar-refractivity contribution in [1.29, 1.82) is 0 Å². The second-order valence-electron chi connectivity index (χ2n) is 7.75. The third kappa shape index (κ3) is 7.76. The van der Waals surface area contributed by atoms with E-state index in [9.17, 15) is 9.59 Å². The van der Waals surface area contributed by atoms with Crippen LogP contribution in [0.3, 0.4) is 0 Å². The van der Waals surface area contributed by atoms with Gasteiger partial charge >= 0.3 is 6.03 Å². The Balaban J connectivity index is 2.13. The fraction of sp³-hybridized carbons (Fsp3) is 0.455. The molecule has 7 nitrogen and oxygen atoms in total. The van der Waals surface area contributed by atoms with Gasteiger partial charge in [-0.15, -0.1) is 0 Å². The van der Waals surface area contributed by atoms with Crippen LogP contribution in [0.5, 0.6) is 0 Å². The first kappa shape index (κ1) is 25.0. The Morgan fingerprint density at radius 2 is 1.90 bits per heavy atom. The second kappa shape index (κ2) is 12.0. The van der Waals surface area contributed by atoms with Crippen LogP contribution in [0.25, 0.3) is 0 Å². The summed E-state index contributed by atoms with van der Waals surface area (Å²) in [6, 6.07) is 8.40. The molecule has 1 N–H and O–H groups in total. The lowest BCUT2D eigenvalue weighted by Gasteiger charge is -2.29. The first-order valence-electron chi connectivity index (χ1n) is 10.1. The van der Waals surface area contributed by atoms with Crippen molar-refractivity contribution in [3.63, 3.8) is 0 Å². The Morgan fingerprint density at radius 1 is 1.16 bits per heavy atom. The zero-order chi connectivity index (χ0) is 23.0. The molecule has 170 valence electrons. The number of hydrogen-bond acceptors (Lipinski definition) is 3. The first-order valence-corrected chi connectivity index (χ1v) is 10.8. The molecule has 0 unspecified atom stereocenters. The average molecular weight is 469 g/mol. The topological polar surface area (TPSA) is 66.8 Å². The highest BCUT2D eigenvalue weighted by atomic mass is 35.5. The van der Waals surface area contributed by atoms with Crippen molar-refractivity contribution in [3.05, 3.63) is 52.3 Å². The van der Waals surface area contributed by atoms with E-state index in [1.165, 1.54) is 4.90 Å². The molecule has 31 heavy (non-hydrogen) atoms. The monoisotopic (exact) mass is 468 g/mol. The summed E-state index contributed by atoms with van der Waals surface area (Å²) in [7, 11) is 3.53. The molecule has 0 aliphatic heterocycles. The zero-order valence-corrected chi connectivity index (χ0v) is 19.9. The lowest BCUT2D eigenvalue weighted by Crippen LogP contribution is -2.46. The largest absolute Gasteiger partial charge is 0.383 e. The van der Waals surface area contributed by atoms with E-state index in [-0.39, 0.29) is 24.4 Å². The highest BCUT2D eigenvalue weighted by Crippen LogP contribution is 2.25. The third-order valence-corrected chi connectivity index (χ3v) is 5.43. The number of amides is 3. The maximum Gasteiger partial charge on any atom is 0.322 e. The number of methoxy groups -OCH3 is 1. The molecule has 0 aliphatic rings. The minimum absolute atomic E-state index is 0.0422. The molecule has 2 aromatic rings. The van der Waals surface area contributed by atoms with Gasteiger partial charge in [-0.2, -0.15) is 0 Å². The van der Waals surface area contributed by atoms with E-state index < -0.39 is 0 Å². The van der Waals surface area contributed by atoms with Crippen molar-refractivity contribution in [2.45, 2.75) is 20.4 Å². The van der Waals surface area contributed by atoms with Crippen molar-refractivity contribution in [2.75, 3.05) is 38.7 Å². The highest BCUT2D eigenvalue weighted by molar-refractivity contribution is 6.42. The number of rotatable bonds is 10. The number of aryl methyl sites for hydroxylation is 1. The van der Waals surface area contributed by atoms with Crippen LogP contribution in [-0.4, -0.2) is 59.7 Å². The zero-order valence-electron chi connectivity index (χ0n) is 18.4. The number of ether oxygens (including phenoxy) is 1. The summed E-state index contributed by atoms with van der Waals surface area (Å²) >= 11 is 12.0. The molecule has 0 saturated carbocycles. The number of aromatic nitrogens is 1. The van der Waals surface area contributed by atoms with Gasteiger partial charge in [-0.3, -0.25) is 4.79 Å². The quantitative estimate of drug-likeness (QED) is 0.558. The number of hydrogen-bond donors (Lipinski definition) is 1. The Hall–Kier alpha value is -2.22. The lowest BCUT2D eigenvalue weighted by molar-refractivity contribution is -0.133. The highest BCUT2D eigenvalue weighted by Gasteiger charge is 2.23. The summed E-state index contributed by atoms with van der Waals surface area (Å²) in [6.07, 6.45) is 1.93. The smallest absolute Gasteiger partial charge is 0.322 e. The summed E-state index contributed by atoms with van der Waals surface area (Å²) in [6.45, 7) is 5.67. The van der Waals surface area contributed by atoms with Crippen molar-refractivity contribution >= 4 is 40.8 Å². The predicted molar refractivity (Wildman–Crippen MR) is 125 cm³/mol. The molecule has 1 aromatic heterocycles. The average Bonchev–Trinajstić information content (AvgIpc) is 3.11. The van der Waals surface area contributed by atoms with E-state index >= 15 is 0 Å². The number of anilines is 1. The van der Waals surface area contributed by atoms with Gasteiger partial charge in [-0.05, 0) is 36.2 Å². The van der Waals surface area contributed by atoms with Crippen LogP contribution in [-0.2, 0) is 23.1 Å². The Kier molecular flexibility index (Phi) is 9.68. The third-order valence-electron chi connectivity index (χ3n) is 4.69. The second-order valence-corrected chi connectivity index (χ2v) is 8.57. The molecule has 1 heterocycles. The van der Waals surface area contributed by atoms with Gasteiger partial charge < -0.3 is 24.4 Å². The molecule has 0 atom stereocenters. The van der Waals surface area contributed by atoms with Crippen LogP contribution in [0, 0.1) is 5.92 Å². The van der Waals surface area contributed by atoms with Gasteiger partial charge in [0.1, 0.15) is 6.54 Å². The fourth-order valence-corrected chi connectivity index (χ4v) is 3.35. The van der Waals surface area contributed by atoms with E-state index in [1.54, 1.807) is 30.2 Å². The molecule has 0 aliphatic carbocycles. The van der Waals surface area contributed by atoms with Crippen LogP contribution < -0.4 is 5.32 Å². The number of urea groups is 1. The van der Waals surface area contributed by atoms with Gasteiger partial charge in [0.05, 0.1) is 23.2 Å². The van der Waals surface area contributed by atoms with E-state index in [2.05, 4.69) is 5.32 Å². The van der Waals surface area contributed by atoms with Crippen molar-refractivity contribution in [3.8, 4) is 0 Å². The van der Waals surface area contributed by atoms with E-state index in [0.29, 0.717) is 42.0 Å². The number of carbonyl (C=O) groups is 2. The molecule has 0 bridgehead atoms. The Labute approximate surface area is 193 Å². The summed E-state index contributed by atoms with van der Waals surface area (Å²) < 4.78 is 7.14. The van der Waals surface area contributed by atoms with Gasteiger partial charge in [0, 0.05) is 44.8 Å². The summed E-state index contributed by atoms with van der Waals surface area (Å²) in [4.78, 5) is 29.3. The lowest BCUT2D eigenvalue weighted by atomic mass is 10.2. The van der Waals surface area contributed by atoms with Crippen LogP contribution in [0.15, 0.2) is 36.5 Å². The SMILES string of the molecule is COCCN(Cc1cccn1C)C(=O)CN(CC(C)C)C(=O)Nc1ccc(Cl)c(Cl)c1. The summed E-state index contributed by atoms with van der Waals surface area (Å²) in [5.41, 5.74) is 1.51. The molecule has 0 radical (unpaired) electrons. The minimum atomic E-state index is -0.369. The van der Waals surface area contributed by atoms with E-state index in [4.69, 9.17) is 27.9 Å². The summed E-state index contributed by atoms with van der Waals surface area (Å²) in [5.74, 6) is 0.0378. The molecule has 3 amide bonds. The Morgan fingerprint density at radius 3 is 2.48 bits per heavy atom. The van der Waals surface area contributed by atoms with E-state index in [0.717, 1.165) is 5.69 Å². The predicted octanol–water partition coefficient (Wildman–Crippen LogP) is 4.50. The van der Waals surface area contributed by atoms with Crippen LogP contribution in [0.1, 0.15) is 19.5 Å². The summed E-state index contributed by atoms with van der Waals surface area (Å²) in [5, 5.41) is 3.55. The van der Waals surface area contributed by atoms with Gasteiger partial charge in [0.2, 0.25) is 5.91 Å². The van der Waals surface area contributed by atoms with Crippen LogP contribution in [0.2, 0.25) is 10.0 Å². The first-order chi connectivity index (χ1) is 14.7. The molecular formula is C22H30Cl2N4O3. The van der Waals surface area contributed by atoms with Gasteiger partial charge in [-0.25, -0.2) is 4.79 Å². The van der Waals surface area contributed by atoms with E-state index in [1.807, 2.05) is 43.8 Å². The maximum absolute atomic E-state index is 13.1. The minimum Gasteiger partial charge on any atom is -0.383 e. The number of carbonyl (C=O) groups excluding carboxylic acids is 2. The molecule has 2 rings (SSSR count). The number of nitrogens with zero attached hydrogens (tertiary/aromatic N) is 3. The molecule has 1 aromatic carbocycles. The van der Waals surface area contributed by atoms with Crippen molar-refractivity contribution in [1.82, 2.24) is 14.4 Å². The molecule has 9 heteroatoms. The van der Waals surface area contributed by atoms with Crippen molar-refractivity contribution < 1.29 is 14.3 Å².